The third-order valence-electron chi connectivity index (χ3n) is 3.83. The van der Waals surface area contributed by atoms with E-state index in [0.717, 1.165) is 38.9 Å². The lowest BCUT2D eigenvalue weighted by molar-refractivity contribution is 1.04. The molecule has 1 aromatic carbocycles. The van der Waals surface area contributed by atoms with Crippen LogP contribution in [0.4, 0.5) is 5.69 Å². The molecule has 2 N–H and O–H groups in total. The first-order valence-corrected chi connectivity index (χ1v) is 8.85. The van der Waals surface area contributed by atoms with Crippen LogP contribution in [0.25, 0.3) is 4.96 Å². The van der Waals surface area contributed by atoms with Gasteiger partial charge in [-0.3, -0.25) is 9.83 Å². The Morgan fingerprint density at radius 1 is 1.25 bits per heavy atom. The first-order valence-electron chi connectivity index (χ1n) is 7.57. The molecular formula is C17H19N5S2. The van der Waals surface area contributed by atoms with Crippen LogP contribution >= 0.6 is 23.6 Å². The highest BCUT2D eigenvalue weighted by molar-refractivity contribution is 7.80. The van der Waals surface area contributed by atoms with E-state index in [1.165, 1.54) is 0 Å². The van der Waals surface area contributed by atoms with E-state index in [9.17, 15) is 0 Å². The molecule has 24 heavy (non-hydrogen) atoms. The standard InChI is InChI=1S/C17H19N5S2/c1-10-6-5-7-11(2)15(10)20-16(23)21-18-8-14-13(4)19-17-22(14)12(3)9-24-17/h5-9H,1-4H3,(H2,20,21,23)/b18-8+. The molecular weight excluding hydrogens is 338 g/mol. The number of hydrogen-bond acceptors (Lipinski definition) is 4. The van der Waals surface area contributed by atoms with Crippen molar-refractivity contribution >= 4 is 45.5 Å². The van der Waals surface area contributed by atoms with Crippen molar-refractivity contribution < 1.29 is 0 Å². The number of thiazole rings is 1. The molecule has 0 aliphatic heterocycles. The molecule has 0 saturated heterocycles. The first kappa shape index (κ1) is 16.6. The molecule has 0 bridgehead atoms. The SMILES string of the molecule is Cc1cccc(C)c1NC(=S)N/N=C/c1c(C)nc2scc(C)n12. The van der Waals surface area contributed by atoms with Crippen molar-refractivity contribution in [2.24, 2.45) is 5.10 Å². The van der Waals surface area contributed by atoms with Crippen LogP contribution in [0.2, 0.25) is 0 Å². The molecule has 0 aliphatic carbocycles. The maximum atomic E-state index is 5.33. The average Bonchev–Trinajstić information content (AvgIpc) is 3.03. The van der Waals surface area contributed by atoms with Gasteiger partial charge in [0.25, 0.3) is 0 Å². The Morgan fingerprint density at radius 2 is 1.96 bits per heavy atom. The molecule has 3 aromatic rings. The number of anilines is 1. The monoisotopic (exact) mass is 357 g/mol. The van der Waals surface area contributed by atoms with Gasteiger partial charge in [0.1, 0.15) is 0 Å². The van der Waals surface area contributed by atoms with Crippen molar-refractivity contribution in [3.8, 4) is 0 Å². The van der Waals surface area contributed by atoms with Gasteiger partial charge in [-0.05, 0) is 51.0 Å². The van der Waals surface area contributed by atoms with E-state index in [1.807, 2.05) is 39.0 Å². The molecule has 2 aromatic heterocycles. The Bertz CT molecular complexity index is 916. The largest absolute Gasteiger partial charge is 0.331 e. The summed E-state index contributed by atoms with van der Waals surface area (Å²) >= 11 is 6.96. The van der Waals surface area contributed by atoms with E-state index in [1.54, 1.807) is 17.6 Å². The zero-order valence-electron chi connectivity index (χ0n) is 14.0. The maximum absolute atomic E-state index is 5.33. The molecule has 7 heteroatoms. The van der Waals surface area contributed by atoms with Gasteiger partial charge in [-0.1, -0.05) is 18.2 Å². The molecule has 2 heterocycles. The summed E-state index contributed by atoms with van der Waals surface area (Å²) in [6, 6.07) is 6.13. The predicted octanol–water partition coefficient (Wildman–Crippen LogP) is 3.95. The van der Waals surface area contributed by atoms with E-state index >= 15 is 0 Å². The lowest BCUT2D eigenvalue weighted by Gasteiger charge is -2.12. The Labute approximate surface area is 150 Å². The Kier molecular flexibility index (Phi) is 4.64. The van der Waals surface area contributed by atoms with Crippen molar-refractivity contribution in [1.29, 1.82) is 0 Å². The van der Waals surface area contributed by atoms with Gasteiger partial charge in [-0.25, -0.2) is 4.98 Å². The van der Waals surface area contributed by atoms with Gasteiger partial charge in [-0.2, -0.15) is 5.10 Å². The number of rotatable bonds is 3. The highest BCUT2D eigenvalue weighted by atomic mass is 32.1. The third kappa shape index (κ3) is 3.18. The van der Waals surface area contributed by atoms with Crippen LogP contribution in [0, 0.1) is 27.7 Å². The summed E-state index contributed by atoms with van der Waals surface area (Å²) in [6.07, 6.45) is 1.76. The number of benzene rings is 1. The number of imidazole rings is 1. The predicted molar refractivity (Wildman–Crippen MR) is 105 cm³/mol. The number of thiocarbonyl (C=S) groups is 1. The van der Waals surface area contributed by atoms with E-state index in [2.05, 4.69) is 37.5 Å². The van der Waals surface area contributed by atoms with Gasteiger partial charge in [0.15, 0.2) is 10.1 Å². The molecule has 0 radical (unpaired) electrons. The smallest absolute Gasteiger partial charge is 0.194 e. The van der Waals surface area contributed by atoms with E-state index in [0.29, 0.717) is 5.11 Å². The summed E-state index contributed by atoms with van der Waals surface area (Å²) in [4.78, 5) is 5.51. The minimum Gasteiger partial charge on any atom is -0.331 e. The van der Waals surface area contributed by atoms with Crippen molar-refractivity contribution in [3.63, 3.8) is 0 Å². The lowest BCUT2D eigenvalue weighted by Crippen LogP contribution is -2.24. The van der Waals surface area contributed by atoms with Crippen molar-refractivity contribution in [1.82, 2.24) is 14.8 Å². The van der Waals surface area contributed by atoms with E-state index < -0.39 is 0 Å². The summed E-state index contributed by atoms with van der Waals surface area (Å²) in [5, 5.41) is 10.0. The van der Waals surface area contributed by atoms with Crippen molar-refractivity contribution in [2.45, 2.75) is 27.7 Å². The summed E-state index contributed by atoms with van der Waals surface area (Å²) in [5.74, 6) is 0. The number of aryl methyl sites for hydroxylation is 4. The van der Waals surface area contributed by atoms with E-state index in [-0.39, 0.29) is 0 Å². The Balaban J connectivity index is 1.73. The van der Waals surface area contributed by atoms with Crippen LogP contribution < -0.4 is 10.7 Å². The fourth-order valence-corrected chi connectivity index (χ4v) is 3.66. The van der Waals surface area contributed by atoms with Gasteiger partial charge in [-0.15, -0.1) is 11.3 Å². The number of para-hydroxylation sites is 1. The molecule has 0 amide bonds. The molecule has 124 valence electrons. The number of nitrogens with one attached hydrogen (secondary N) is 2. The Hall–Kier alpha value is -2.25. The zero-order valence-corrected chi connectivity index (χ0v) is 15.7. The van der Waals surface area contributed by atoms with E-state index in [4.69, 9.17) is 12.2 Å². The average molecular weight is 358 g/mol. The van der Waals surface area contributed by atoms with Crippen LogP contribution in [0.3, 0.4) is 0 Å². The molecule has 5 nitrogen and oxygen atoms in total. The van der Waals surface area contributed by atoms with Gasteiger partial charge >= 0.3 is 0 Å². The molecule has 0 aliphatic rings. The Morgan fingerprint density at radius 3 is 2.67 bits per heavy atom. The number of hydrogen-bond donors (Lipinski definition) is 2. The zero-order chi connectivity index (χ0) is 17.3. The summed E-state index contributed by atoms with van der Waals surface area (Å²) in [5.41, 5.74) is 9.24. The molecule has 0 saturated carbocycles. The lowest BCUT2D eigenvalue weighted by atomic mass is 10.1. The molecule has 0 atom stereocenters. The highest BCUT2D eigenvalue weighted by Gasteiger charge is 2.10. The first-order chi connectivity index (χ1) is 11.5. The molecule has 0 fully saturated rings. The van der Waals surface area contributed by atoms with Gasteiger partial charge in [0.05, 0.1) is 17.6 Å². The summed E-state index contributed by atoms with van der Waals surface area (Å²) in [7, 11) is 0. The number of nitrogens with zero attached hydrogens (tertiary/aromatic N) is 3. The minimum absolute atomic E-state index is 0.462. The maximum Gasteiger partial charge on any atom is 0.194 e. The number of fused-ring (bicyclic) bond motifs is 1. The van der Waals surface area contributed by atoms with Crippen LogP contribution in [-0.4, -0.2) is 20.7 Å². The van der Waals surface area contributed by atoms with Crippen LogP contribution in [0.15, 0.2) is 28.7 Å². The van der Waals surface area contributed by atoms with Crippen LogP contribution in [0.1, 0.15) is 28.2 Å². The molecule has 0 unspecified atom stereocenters. The fourth-order valence-electron chi connectivity index (χ4n) is 2.58. The molecule has 0 spiro atoms. The topological polar surface area (TPSA) is 53.7 Å². The second-order valence-corrected chi connectivity index (χ2v) is 6.91. The van der Waals surface area contributed by atoms with Gasteiger partial charge < -0.3 is 5.32 Å². The summed E-state index contributed by atoms with van der Waals surface area (Å²) < 4.78 is 2.09. The van der Waals surface area contributed by atoms with Crippen LogP contribution in [0.5, 0.6) is 0 Å². The minimum atomic E-state index is 0.462. The van der Waals surface area contributed by atoms with Gasteiger partial charge in [0.2, 0.25) is 0 Å². The van der Waals surface area contributed by atoms with Crippen molar-refractivity contribution in [3.05, 3.63) is 51.8 Å². The second-order valence-electron chi connectivity index (χ2n) is 5.67. The third-order valence-corrected chi connectivity index (χ3v) is 4.96. The normalized spacial score (nSPS) is 11.3. The quantitative estimate of drug-likeness (QED) is 0.423. The van der Waals surface area contributed by atoms with Gasteiger partial charge in [0, 0.05) is 16.8 Å². The van der Waals surface area contributed by atoms with Crippen LogP contribution in [-0.2, 0) is 0 Å². The second kappa shape index (κ2) is 6.70. The summed E-state index contributed by atoms with van der Waals surface area (Å²) in [6.45, 7) is 8.14. The molecule has 3 rings (SSSR count). The number of aromatic nitrogens is 2. The highest BCUT2D eigenvalue weighted by Crippen LogP contribution is 2.20. The fraction of sp³-hybridized carbons (Fsp3) is 0.235. The number of hydrazone groups is 1. The van der Waals surface area contributed by atoms with Crippen molar-refractivity contribution in [2.75, 3.05) is 5.32 Å².